The number of halogens is 2. The zero-order valence-corrected chi connectivity index (χ0v) is 20.1. The lowest BCUT2D eigenvalue weighted by Crippen LogP contribution is -2.32. The molecule has 2 aliphatic rings. The second-order valence-electron chi connectivity index (χ2n) is 10.4. The number of furan rings is 1. The molecule has 0 aliphatic heterocycles. The third-order valence-corrected chi connectivity index (χ3v) is 8.18. The standard InChI is InChI=1S/C31H26F2NO/c1-17-12-24-23-6-4-5-7-26(23)35-30(24)27(18(17)2)25-15-22-14-21(20-8-10-31(32,33)16-20)13-19-9-11-34(3)29(25)28(19)22/h4-7,9,11-15,20H,8,10,16H2,1-3H3/q+1. The van der Waals surface area contributed by atoms with E-state index in [9.17, 15) is 8.78 Å². The molecule has 2 aliphatic carbocycles. The highest BCUT2D eigenvalue weighted by Crippen LogP contribution is 2.48. The largest absolute Gasteiger partial charge is 0.455 e. The number of hydrogen-bond acceptors (Lipinski definition) is 1. The SMILES string of the molecule is Cc1cc2c(oc3ccccc32)c(C2=Cc3cc(C4CCC(F)(F)C4)cc4cc[n+](C)c2c34)c1C. The normalized spacial score (nSPS) is 18.8. The first-order valence-electron chi connectivity index (χ1n) is 12.3. The smallest absolute Gasteiger partial charge is 0.248 e. The lowest BCUT2D eigenvalue weighted by Gasteiger charge is -2.13. The summed E-state index contributed by atoms with van der Waals surface area (Å²) in [6.45, 7) is 4.31. The molecule has 0 spiro atoms. The van der Waals surface area contributed by atoms with Crippen LogP contribution in [0.4, 0.5) is 8.78 Å². The minimum atomic E-state index is -2.55. The molecule has 2 aromatic heterocycles. The highest BCUT2D eigenvalue weighted by Gasteiger charge is 2.40. The molecule has 0 N–H and O–H groups in total. The Bertz CT molecular complexity index is 1740. The van der Waals surface area contributed by atoms with Crippen molar-refractivity contribution in [1.82, 2.24) is 0 Å². The van der Waals surface area contributed by atoms with Crippen LogP contribution in [-0.4, -0.2) is 5.92 Å². The lowest BCUT2D eigenvalue weighted by molar-refractivity contribution is -0.672. The predicted molar refractivity (Wildman–Crippen MR) is 137 cm³/mol. The van der Waals surface area contributed by atoms with Crippen molar-refractivity contribution in [3.63, 3.8) is 0 Å². The van der Waals surface area contributed by atoms with Gasteiger partial charge < -0.3 is 4.42 Å². The van der Waals surface area contributed by atoms with Gasteiger partial charge in [-0.3, -0.25) is 0 Å². The van der Waals surface area contributed by atoms with E-state index in [0.29, 0.717) is 6.42 Å². The number of pyridine rings is 1. The van der Waals surface area contributed by atoms with Crippen molar-refractivity contribution in [1.29, 1.82) is 0 Å². The predicted octanol–water partition coefficient (Wildman–Crippen LogP) is 7.99. The number of rotatable bonds is 2. The van der Waals surface area contributed by atoms with E-state index in [1.54, 1.807) is 0 Å². The van der Waals surface area contributed by atoms with E-state index in [0.717, 1.165) is 55.3 Å². The zero-order chi connectivity index (χ0) is 24.1. The molecule has 174 valence electrons. The van der Waals surface area contributed by atoms with Gasteiger partial charge in [-0.15, -0.1) is 0 Å². The summed E-state index contributed by atoms with van der Waals surface area (Å²) in [5, 5.41) is 4.54. The van der Waals surface area contributed by atoms with Crippen molar-refractivity contribution in [3.8, 4) is 0 Å². The van der Waals surface area contributed by atoms with Crippen molar-refractivity contribution in [2.75, 3.05) is 0 Å². The van der Waals surface area contributed by atoms with E-state index >= 15 is 0 Å². The summed E-state index contributed by atoms with van der Waals surface area (Å²) >= 11 is 0. The molecule has 0 bridgehead atoms. The third kappa shape index (κ3) is 2.95. The topological polar surface area (TPSA) is 17.0 Å². The Morgan fingerprint density at radius 1 is 1.03 bits per heavy atom. The van der Waals surface area contributed by atoms with Crippen molar-refractivity contribution >= 4 is 44.4 Å². The molecule has 1 saturated carbocycles. The molecule has 7 rings (SSSR count). The molecule has 3 aromatic carbocycles. The summed E-state index contributed by atoms with van der Waals surface area (Å²) in [5.41, 5.74) is 9.74. The van der Waals surface area contributed by atoms with Crippen LogP contribution in [0, 0.1) is 13.8 Å². The van der Waals surface area contributed by atoms with Gasteiger partial charge in [0, 0.05) is 35.2 Å². The van der Waals surface area contributed by atoms with Crippen LogP contribution in [0.2, 0.25) is 0 Å². The second-order valence-corrected chi connectivity index (χ2v) is 10.4. The minimum Gasteiger partial charge on any atom is -0.455 e. The Morgan fingerprint density at radius 3 is 2.66 bits per heavy atom. The molecular formula is C31H26F2NO+. The summed E-state index contributed by atoms with van der Waals surface area (Å²) in [6, 6.07) is 16.8. The van der Waals surface area contributed by atoms with Gasteiger partial charge in [-0.25, -0.2) is 13.3 Å². The molecule has 1 atom stereocenters. The highest BCUT2D eigenvalue weighted by molar-refractivity contribution is 6.17. The number of aryl methyl sites for hydroxylation is 2. The van der Waals surface area contributed by atoms with E-state index in [1.807, 2.05) is 18.2 Å². The first-order valence-corrected chi connectivity index (χ1v) is 12.3. The van der Waals surface area contributed by atoms with Crippen LogP contribution in [0.1, 0.15) is 58.7 Å². The molecule has 0 saturated heterocycles. The maximum Gasteiger partial charge on any atom is 0.248 e. The van der Waals surface area contributed by atoms with Crippen LogP contribution < -0.4 is 4.57 Å². The number of benzene rings is 3. The average molecular weight is 467 g/mol. The van der Waals surface area contributed by atoms with Crippen LogP contribution in [0.5, 0.6) is 0 Å². The Hall–Kier alpha value is -3.53. The summed E-state index contributed by atoms with van der Waals surface area (Å²) in [6.07, 6.45) is 4.78. The Balaban J connectivity index is 1.50. The molecule has 4 heteroatoms. The van der Waals surface area contributed by atoms with Crippen LogP contribution in [0.3, 0.4) is 0 Å². The van der Waals surface area contributed by atoms with E-state index in [2.05, 4.69) is 68.1 Å². The number of alkyl halides is 2. The summed E-state index contributed by atoms with van der Waals surface area (Å²) in [4.78, 5) is 0. The molecule has 35 heavy (non-hydrogen) atoms. The molecule has 5 aromatic rings. The van der Waals surface area contributed by atoms with Gasteiger partial charge in [-0.05, 0) is 72.0 Å². The van der Waals surface area contributed by atoms with Gasteiger partial charge in [-0.1, -0.05) is 30.3 Å². The van der Waals surface area contributed by atoms with E-state index in [4.69, 9.17) is 4.42 Å². The first kappa shape index (κ1) is 20.8. The molecule has 2 heterocycles. The Kier molecular flexibility index (Phi) is 4.16. The molecule has 1 unspecified atom stereocenters. The van der Waals surface area contributed by atoms with Gasteiger partial charge >= 0.3 is 0 Å². The van der Waals surface area contributed by atoms with Gasteiger partial charge in [0.25, 0.3) is 0 Å². The van der Waals surface area contributed by atoms with Gasteiger partial charge in [0.15, 0.2) is 6.20 Å². The van der Waals surface area contributed by atoms with Crippen LogP contribution in [-0.2, 0) is 7.05 Å². The first-order chi connectivity index (χ1) is 16.8. The number of fused-ring (bicyclic) bond motifs is 3. The van der Waals surface area contributed by atoms with Crippen LogP contribution in [0.15, 0.2) is 59.1 Å². The van der Waals surface area contributed by atoms with Crippen molar-refractivity contribution < 1.29 is 17.8 Å². The van der Waals surface area contributed by atoms with Crippen molar-refractivity contribution in [2.24, 2.45) is 7.05 Å². The fraction of sp³-hybridized carbons (Fsp3) is 0.258. The summed E-state index contributed by atoms with van der Waals surface area (Å²) in [7, 11) is 2.07. The van der Waals surface area contributed by atoms with Crippen LogP contribution in [0.25, 0.3) is 44.4 Å². The molecule has 1 fully saturated rings. The fourth-order valence-electron chi connectivity index (χ4n) is 6.29. The second kappa shape index (κ2) is 7.00. The molecule has 0 radical (unpaired) electrons. The monoisotopic (exact) mass is 466 g/mol. The van der Waals surface area contributed by atoms with Crippen molar-refractivity contribution in [3.05, 3.63) is 88.2 Å². The van der Waals surface area contributed by atoms with E-state index in [1.165, 1.54) is 16.5 Å². The van der Waals surface area contributed by atoms with Gasteiger partial charge in [-0.2, -0.15) is 0 Å². The summed E-state index contributed by atoms with van der Waals surface area (Å²) < 4.78 is 36.7. The third-order valence-electron chi connectivity index (χ3n) is 8.18. The summed E-state index contributed by atoms with van der Waals surface area (Å²) in [5.74, 6) is -2.65. The highest BCUT2D eigenvalue weighted by atomic mass is 19.3. The lowest BCUT2D eigenvalue weighted by atomic mass is 9.92. The molecule has 2 nitrogen and oxygen atoms in total. The number of para-hydroxylation sites is 1. The van der Waals surface area contributed by atoms with Gasteiger partial charge in [0.1, 0.15) is 18.2 Å². The van der Waals surface area contributed by atoms with Gasteiger partial charge in [0.05, 0.1) is 11.0 Å². The van der Waals surface area contributed by atoms with E-state index in [-0.39, 0.29) is 18.8 Å². The maximum atomic E-state index is 14.0. The quantitative estimate of drug-likeness (QED) is 0.236. The van der Waals surface area contributed by atoms with Crippen molar-refractivity contribution in [2.45, 2.75) is 45.0 Å². The zero-order valence-electron chi connectivity index (χ0n) is 20.1. The molecule has 0 amide bonds. The Morgan fingerprint density at radius 2 is 1.86 bits per heavy atom. The van der Waals surface area contributed by atoms with E-state index < -0.39 is 5.92 Å². The number of nitrogens with zero attached hydrogens (tertiary/aromatic N) is 1. The fourth-order valence-corrected chi connectivity index (χ4v) is 6.29. The molecular weight excluding hydrogens is 440 g/mol. The van der Waals surface area contributed by atoms with Crippen LogP contribution >= 0.6 is 0 Å². The van der Waals surface area contributed by atoms with Gasteiger partial charge in [0.2, 0.25) is 11.6 Å². The number of aromatic nitrogens is 1. The average Bonchev–Trinajstić information content (AvgIpc) is 3.50. The minimum absolute atomic E-state index is 0.0202. The Labute approximate surface area is 202 Å². The number of hydrogen-bond donors (Lipinski definition) is 0. The maximum absolute atomic E-state index is 14.0.